The summed E-state index contributed by atoms with van der Waals surface area (Å²) < 4.78 is 17.3. The third-order valence-corrected chi connectivity index (χ3v) is 5.89. The molecule has 0 aromatic heterocycles. The van der Waals surface area contributed by atoms with Crippen LogP contribution in [-0.4, -0.2) is 30.0 Å². The number of ether oxygens (including phenoxy) is 3. The van der Waals surface area contributed by atoms with E-state index >= 15 is 0 Å². The van der Waals surface area contributed by atoms with Crippen molar-refractivity contribution in [3.8, 4) is 17.2 Å². The van der Waals surface area contributed by atoms with Gasteiger partial charge in [0.1, 0.15) is 5.75 Å². The van der Waals surface area contributed by atoms with Crippen LogP contribution in [0.4, 0.5) is 5.69 Å². The smallest absolute Gasteiger partial charge is 0.270 e. The Kier molecular flexibility index (Phi) is 7.39. The van der Waals surface area contributed by atoms with Crippen molar-refractivity contribution in [2.24, 2.45) is 0 Å². The zero-order valence-corrected chi connectivity index (χ0v) is 19.1. The van der Waals surface area contributed by atoms with Crippen LogP contribution in [0.15, 0.2) is 47.4 Å². The number of carbonyl (C=O) groups excluding carboxylic acids is 1. The topological polar surface area (TPSA) is 48.0 Å². The monoisotopic (exact) mass is 443 g/mol. The van der Waals surface area contributed by atoms with Gasteiger partial charge in [0.25, 0.3) is 5.91 Å². The molecule has 0 saturated carbocycles. The van der Waals surface area contributed by atoms with Gasteiger partial charge in [-0.1, -0.05) is 37.0 Å². The first-order valence-electron chi connectivity index (χ1n) is 9.82. The Labute approximate surface area is 187 Å². The standard InChI is InChI=1S/C23H25NO4S2/c1-5-15(3)28-19-12-7-16(13-20(19)26-4)14-21-22(25)24(23(29)30-21)17-8-10-18(11-9-17)27-6-2/h7-15H,5-6H2,1-4H3/b21-14-/t15-/m0/s1. The maximum absolute atomic E-state index is 13.0. The molecule has 1 atom stereocenters. The van der Waals surface area contributed by atoms with Gasteiger partial charge in [-0.05, 0) is 68.3 Å². The molecular formula is C23H25NO4S2. The van der Waals surface area contributed by atoms with E-state index < -0.39 is 0 Å². The number of thioether (sulfide) groups is 1. The number of carbonyl (C=O) groups is 1. The van der Waals surface area contributed by atoms with Crippen LogP contribution in [0.5, 0.6) is 17.2 Å². The first-order chi connectivity index (χ1) is 14.5. The van der Waals surface area contributed by atoms with E-state index in [1.165, 1.54) is 11.8 Å². The van der Waals surface area contributed by atoms with E-state index in [9.17, 15) is 4.79 Å². The molecule has 1 aliphatic heterocycles. The van der Waals surface area contributed by atoms with Crippen molar-refractivity contribution in [1.29, 1.82) is 0 Å². The van der Waals surface area contributed by atoms with Gasteiger partial charge in [-0.3, -0.25) is 9.69 Å². The fraction of sp³-hybridized carbons (Fsp3) is 0.304. The predicted octanol–water partition coefficient (Wildman–Crippen LogP) is 5.68. The second kappa shape index (κ2) is 10.00. The minimum absolute atomic E-state index is 0.0927. The number of hydrogen-bond acceptors (Lipinski definition) is 6. The van der Waals surface area contributed by atoms with Crippen LogP contribution in [0, 0.1) is 0 Å². The summed E-state index contributed by atoms with van der Waals surface area (Å²) in [4.78, 5) is 15.1. The van der Waals surface area contributed by atoms with Crippen molar-refractivity contribution in [2.75, 3.05) is 18.6 Å². The lowest BCUT2D eigenvalue weighted by molar-refractivity contribution is -0.113. The molecule has 5 nitrogen and oxygen atoms in total. The van der Waals surface area contributed by atoms with Crippen molar-refractivity contribution in [3.05, 3.63) is 52.9 Å². The Hall–Kier alpha value is -2.51. The number of thiocarbonyl (C=S) groups is 1. The van der Waals surface area contributed by atoms with Gasteiger partial charge in [-0.25, -0.2) is 0 Å². The highest BCUT2D eigenvalue weighted by Crippen LogP contribution is 2.37. The van der Waals surface area contributed by atoms with E-state index in [-0.39, 0.29) is 12.0 Å². The average Bonchev–Trinajstić information content (AvgIpc) is 3.02. The second-order valence-electron chi connectivity index (χ2n) is 6.69. The maximum Gasteiger partial charge on any atom is 0.270 e. The van der Waals surface area contributed by atoms with Crippen LogP contribution >= 0.6 is 24.0 Å². The van der Waals surface area contributed by atoms with E-state index in [0.29, 0.717) is 27.3 Å². The predicted molar refractivity (Wildman–Crippen MR) is 127 cm³/mol. The summed E-state index contributed by atoms with van der Waals surface area (Å²) in [6, 6.07) is 13.0. The van der Waals surface area contributed by atoms with Gasteiger partial charge in [-0.15, -0.1) is 0 Å². The minimum atomic E-state index is -0.145. The van der Waals surface area contributed by atoms with Crippen molar-refractivity contribution < 1.29 is 19.0 Å². The van der Waals surface area contributed by atoms with Crippen LogP contribution in [0.25, 0.3) is 6.08 Å². The van der Waals surface area contributed by atoms with E-state index in [4.69, 9.17) is 26.4 Å². The Bertz CT molecular complexity index is 956. The molecule has 7 heteroatoms. The van der Waals surface area contributed by atoms with Crippen molar-refractivity contribution in [3.63, 3.8) is 0 Å². The van der Waals surface area contributed by atoms with Gasteiger partial charge in [0.2, 0.25) is 0 Å². The fourth-order valence-electron chi connectivity index (χ4n) is 2.87. The highest BCUT2D eigenvalue weighted by atomic mass is 32.2. The largest absolute Gasteiger partial charge is 0.494 e. The molecule has 1 fully saturated rings. The summed E-state index contributed by atoms with van der Waals surface area (Å²) in [7, 11) is 1.61. The summed E-state index contributed by atoms with van der Waals surface area (Å²) in [5.41, 5.74) is 1.56. The van der Waals surface area contributed by atoms with Crippen molar-refractivity contribution >= 4 is 46.0 Å². The molecule has 1 amide bonds. The zero-order valence-electron chi connectivity index (χ0n) is 17.5. The Morgan fingerprint density at radius 3 is 2.50 bits per heavy atom. The molecule has 0 bridgehead atoms. The van der Waals surface area contributed by atoms with Crippen molar-refractivity contribution in [1.82, 2.24) is 0 Å². The minimum Gasteiger partial charge on any atom is -0.494 e. The summed E-state index contributed by atoms with van der Waals surface area (Å²) in [6.45, 7) is 6.60. The Morgan fingerprint density at radius 2 is 1.87 bits per heavy atom. The van der Waals surface area contributed by atoms with Gasteiger partial charge in [-0.2, -0.15) is 0 Å². The van der Waals surface area contributed by atoms with Crippen LogP contribution in [0.1, 0.15) is 32.8 Å². The molecule has 0 unspecified atom stereocenters. The van der Waals surface area contributed by atoms with Gasteiger partial charge in [0, 0.05) is 0 Å². The summed E-state index contributed by atoms with van der Waals surface area (Å²) in [5, 5.41) is 0. The molecule has 0 aliphatic carbocycles. The van der Waals surface area contributed by atoms with Gasteiger partial charge < -0.3 is 14.2 Å². The van der Waals surface area contributed by atoms with E-state index in [1.807, 2.05) is 62.4 Å². The quantitative estimate of drug-likeness (QED) is 0.387. The Morgan fingerprint density at radius 1 is 1.13 bits per heavy atom. The number of nitrogens with zero attached hydrogens (tertiary/aromatic N) is 1. The van der Waals surface area contributed by atoms with Crippen molar-refractivity contribution in [2.45, 2.75) is 33.3 Å². The van der Waals surface area contributed by atoms with Gasteiger partial charge in [0.15, 0.2) is 15.8 Å². The summed E-state index contributed by atoms with van der Waals surface area (Å²) in [6.07, 6.45) is 2.82. The third kappa shape index (κ3) is 4.96. The Balaban J connectivity index is 1.82. The molecule has 0 spiro atoms. The normalized spacial score (nSPS) is 16.1. The molecular weight excluding hydrogens is 418 g/mol. The summed E-state index contributed by atoms with van der Waals surface area (Å²) >= 11 is 6.74. The molecule has 1 heterocycles. The number of rotatable bonds is 8. The lowest BCUT2D eigenvalue weighted by atomic mass is 10.1. The second-order valence-corrected chi connectivity index (χ2v) is 8.37. The van der Waals surface area contributed by atoms with E-state index in [0.717, 1.165) is 23.4 Å². The lowest BCUT2D eigenvalue weighted by Crippen LogP contribution is -2.27. The van der Waals surface area contributed by atoms with Crippen LogP contribution in [-0.2, 0) is 4.79 Å². The highest BCUT2D eigenvalue weighted by Gasteiger charge is 2.33. The molecule has 158 valence electrons. The van der Waals surface area contributed by atoms with E-state index in [1.54, 1.807) is 12.0 Å². The SMILES string of the molecule is CCOc1ccc(N2C(=O)/C(=C/c3ccc(O[C@@H](C)CC)c(OC)c3)SC2=S)cc1. The summed E-state index contributed by atoms with van der Waals surface area (Å²) in [5.74, 6) is 1.93. The maximum atomic E-state index is 13.0. The molecule has 2 aromatic carbocycles. The third-order valence-electron chi connectivity index (χ3n) is 4.59. The zero-order chi connectivity index (χ0) is 21.7. The van der Waals surface area contributed by atoms with Gasteiger partial charge in [0.05, 0.1) is 30.4 Å². The highest BCUT2D eigenvalue weighted by molar-refractivity contribution is 8.27. The van der Waals surface area contributed by atoms with E-state index in [2.05, 4.69) is 6.92 Å². The van der Waals surface area contributed by atoms with Crippen LogP contribution in [0.2, 0.25) is 0 Å². The molecule has 3 rings (SSSR count). The molecule has 1 saturated heterocycles. The first-order valence-corrected chi connectivity index (χ1v) is 11.0. The molecule has 0 N–H and O–H groups in total. The lowest BCUT2D eigenvalue weighted by Gasteiger charge is -2.16. The van der Waals surface area contributed by atoms with Crippen LogP contribution < -0.4 is 19.1 Å². The number of anilines is 1. The van der Waals surface area contributed by atoms with Gasteiger partial charge >= 0.3 is 0 Å². The molecule has 30 heavy (non-hydrogen) atoms. The number of amides is 1. The molecule has 0 radical (unpaired) electrons. The van der Waals surface area contributed by atoms with Crippen LogP contribution in [0.3, 0.4) is 0 Å². The number of hydrogen-bond donors (Lipinski definition) is 0. The molecule has 1 aliphatic rings. The number of benzene rings is 2. The first kappa shape index (κ1) is 22.2. The molecule has 2 aromatic rings. The fourth-order valence-corrected chi connectivity index (χ4v) is 4.17. The average molecular weight is 444 g/mol. The number of methoxy groups -OCH3 is 1.